The molecule has 0 aromatic heterocycles. The first-order valence-corrected chi connectivity index (χ1v) is 6.10. The first-order chi connectivity index (χ1) is 8.48. The lowest BCUT2D eigenvalue weighted by atomic mass is 9.86. The summed E-state index contributed by atoms with van der Waals surface area (Å²) in [6.45, 7) is 4.22. The number of ether oxygens (including phenoxy) is 1. The van der Waals surface area contributed by atoms with Gasteiger partial charge in [-0.05, 0) is 25.5 Å². The van der Waals surface area contributed by atoms with Crippen LogP contribution in [-0.4, -0.2) is 26.6 Å². The predicted molar refractivity (Wildman–Crippen MR) is 73.9 cm³/mol. The number of hydrogen-bond acceptors (Lipinski definition) is 3. The molecule has 0 bridgehead atoms. The molecule has 0 aliphatic heterocycles. The summed E-state index contributed by atoms with van der Waals surface area (Å²) >= 11 is 0. The van der Waals surface area contributed by atoms with Gasteiger partial charge in [0, 0.05) is 25.3 Å². The number of nitrogens with two attached hydrogens (primary N) is 1. The number of amides is 1. The van der Waals surface area contributed by atoms with Crippen molar-refractivity contribution in [3.63, 3.8) is 0 Å². The number of carbonyl (C=O) groups excluding carboxylic acids is 1. The molecule has 1 amide bonds. The Morgan fingerprint density at radius 2 is 2.17 bits per heavy atom. The van der Waals surface area contributed by atoms with E-state index in [2.05, 4.69) is 0 Å². The van der Waals surface area contributed by atoms with Gasteiger partial charge in [0.25, 0.3) is 0 Å². The van der Waals surface area contributed by atoms with Crippen molar-refractivity contribution < 1.29 is 9.53 Å². The van der Waals surface area contributed by atoms with Gasteiger partial charge < -0.3 is 15.4 Å². The lowest BCUT2D eigenvalue weighted by Crippen LogP contribution is -2.44. The molecule has 100 valence electrons. The molecule has 0 saturated heterocycles. The minimum Gasteiger partial charge on any atom is -0.497 e. The van der Waals surface area contributed by atoms with E-state index in [-0.39, 0.29) is 5.91 Å². The van der Waals surface area contributed by atoms with Crippen LogP contribution in [0.1, 0.15) is 20.3 Å². The van der Waals surface area contributed by atoms with Crippen molar-refractivity contribution in [2.24, 2.45) is 11.1 Å². The topological polar surface area (TPSA) is 55.6 Å². The van der Waals surface area contributed by atoms with Crippen molar-refractivity contribution >= 4 is 11.6 Å². The summed E-state index contributed by atoms with van der Waals surface area (Å²) in [6.07, 6.45) is 0.719. The standard InChI is InChI=1S/C14H22N2O2/c1-5-14(2,10-15)13(17)16(3)11-7-6-8-12(9-11)18-4/h6-9H,5,10,15H2,1-4H3. The van der Waals surface area contributed by atoms with Gasteiger partial charge in [0.1, 0.15) is 5.75 Å². The molecule has 0 aliphatic rings. The molecule has 18 heavy (non-hydrogen) atoms. The van der Waals surface area contributed by atoms with Crippen LogP contribution in [0, 0.1) is 5.41 Å². The zero-order valence-electron chi connectivity index (χ0n) is 11.6. The molecule has 1 aromatic rings. The molecule has 0 aliphatic carbocycles. The summed E-state index contributed by atoms with van der Waals surface area (Å²) in [5.74, 6) is 0.763. The quantitative estimate of drug-likeness (QED) is 0.870. The van der Waals surface area contributed by atoms with E-state index in [9.17, 15) is 4.79 Å². The second-order valence-electron chi connectivity index (χ2n) is 4.68. The van der Waals surface area contributed by atoms with Crippen LogP contribution in [0.15, 0.2) is 24.3 Å². The van der Waals surface area contributed by atoms with Gasteiger partial charge in [0.2, 0.25) is 5.91 Å². The smallest absolute Gasteiger partial charge is 0.233 e. The average molecular weight is 250 g/mol. The normalized spacial score (nSPS) is 13.8. The van der Waals surface area contributed by atoms with Gasteiger partial charge in [-0.3, -0.25) is 4.79 Å². The third-order valence-electron chi connectivity index (χ3n) is 3.49. The molecule has 1 atom stereocenters. The Labute approximate surface area is 109 Å². The molecule has 0 heterocycles. The lowest BCUT2D eigenvalue weighted by Gasteiger charge is -2.30. The van der Waals surface area contributed by atoms with Gasteiger partial charge in [0.05, 0.1) is 12.5 Å². The zero-order chi connectivity index (χ0) is 13.8. The number of benzene rings is 1. The highest BCUT2D eigenvalue weighted by Crippen LogP contribution is 2.27. The highest BCUT2D eigenvalue weighted by atomic mass is 16.5. The summed E-state index contributed by atoms with van der Waals surface area (Å²) in [5, 5.41) is 0. The van der Waals surface area contributed by atoms with Gasteiger partial charge in [-0.15, -0.1) is 0 Å². The van der Waals surface area contributed by atoms with E-state index >= 15 is 0 Å². The molecule has 1 aromatic carbocycles. The maximum absolute atomic E-state index is 12.4. The minimum atomic E-state index is -0.516. The second-order valence-corrected chi connectivity index (χ2v) is 4.68. The van der Waals surface area contributed by atoms with Gasteiger partial charge in [-0.1, -0.05) is 13.0 Å². The van der Waals surface area contributed by atoms with E-state index in [0.717, 1.165) is 17.9 Å². The first kappa shape index (κ1) is 14.5. The number of anilines is 1. The number of rotatable bonds is 5. The number of methoxy groups -OCH3 is 1. The first-order valence-electron chi connectivity index (χ1n) is 6.10. The fourth-order valence-corrected chi connectivity index (χ4v) is 1.72. The van der Waals surface area contributed by atoms with Gasteiger partial charge in [0.15, 0.2) is 0 Å². The SMILES string of the molecule is CCC(C)(CN)C(=O)N(C)c1cccc(OC)c1. The Morgan fingerprint density at radius 3 is 2.67 bits per heavy atom. The third-order valence-corrected chi connectivity index (χ3v) is 3.49. The molecule has 1 rings (SSSR count). The van der Waals surface area contributed by atoms with E-state index in [1.54, 1.807) is 19.1 Å². The fraction of sp³-hybridized carbons (Fsp3) is 0.500. The Bertz CT molecular complexity index is 414. The summed E-state index contributed by atoms with van der Waals surface area (Å²) in [7, 11) is 3.37. The van der Waals surface area contributed by atoms with Crippen LogP contribution in [0.4, 0.5) is 5.69 Å². The van der Waals surface area contributed by atoms with E-state index in [1.165, 1.54) is 0 Å². The maximum atomic E-state index is 12.4. The predicted octanol–water partition coefficient (Wildman–Crippen LogP) is 2.03. The van der Waals surface area contributed by atoms with Crippen LogP contribution in [0.25, 0.3) is 0 Å². The van der Waals surface area contributed by atoms with E-state index < -0.39 is 5.41 Å². The summed E-state index contributed by atoms with van der Waals surface area (Å²) < 4.78 is 5.16. The summed E-state index contributed by atoms with van der Waals surface area (Å²) in [6, 6.07) is 7.44. The van der Waals surface area contributed by atoms with E-state index in [1.807, 2.05) is 38.1 Å². The molecular weight excluding hydrogens is 228 g/mol. The summed E-state index contributed by atoms with van der Waals surface area (Å²) in [4.78, 5) is 14.1. The molecular formula is C14H22N2O2. The van der Waals surface area contributed by atoms with Crippen molar-refractivity contribution in [2.75, 3.05) is 25.6 Å². The van der Waals surface area contributed by atoms with E-state index in [4.69, 9.17) is 10.5 Å². The van der Waals surface area contributed by atoms with Crippen LogP contribution >= 0.6 is 0 Å². The van der Waals surface area contributed by atoms with Crippen LogP contribution in [0.3, 0.4) is 0 Å². The van der Waals surface area contributed by atoms with Gasteiger partial charge in [-0.25, -0.2) is 0 Å². The minimum absolute atomic E-state index is 0.0285. The fourth-order valence-electron chi connectivity index (χ4n) is 1.72. The van der Waals surface area contributed by atoms with Crippen molar-refractivity contribution in [3.05, 3.63) is 24.3 Å². The Morgan fingerprint density at radius 1 is 1.50 bits per heavy atom. The van der Waals surface area contributed by atoms with Crippen LogP contribution in [0.2, 0.25) is 0 Å². The Balaban J connectivity index is 2.99. The van der Waals surface area contributed by atoms with E-state index in [0.29, 0.717) is 6.54 Å². The van der Waals surface area contributed by atoms with Gasteiger partial charge >= 0.3 is 0 Å². The molecule has 0 radical (unpaired) electrons. The van der Waals surface area contributed by atoms with Crippen molar-refractivity contribution in [1.29, 1.82) is 0 Å². The largest absolute Gasteiger partial charge is 0.497 e. The van der Waals surface area contributed by atoms with Crippen molar-refractivity contribution in [2.45, 2.75) is 20.3 Å². The molecule has 0 spiro atoms. The molecule has 2 N–H and O–H groups in total. The van der Waals surface area contributed by atoms with Crippen molar-refractivity contribution in [1.82, 2.24) is 0 Å². The van der Waals surface area contributed by atoms with Crippen LogP contribution in [-0.2, 0) is 4.79 Å². The van der Waals surface area contributed by atoms with Crippen LogP contribution < -0.4 is 15.4 Å². The average Bonchev–Trinajstić information content (AvgIpc) is 2.44. The Hall–Kier alpha value is -1.55. The molecule has 1 unspecified atom stereocenters. The highest BCUT2D eigenvalue weighted by Gasteiger charge is 2.32. The third kappa shape index (κ3) is 2.82. The van der Waals surface area contributed by atoms with Crippen LogP contribution in [0.5, 0.6) is 5.75 Å². The Kier molecular flexibility index (Phi) is 4.73. The van der Waals surface area contributed by atoms with Crippen molar-refractivity contribution in [3.8, 4) is 5.75 Å². The summed E-state index contributed by atoms with van der Waals surface area (Å²) in [5.41, 5.74) is 6.01. The molecule has 0 fully saturated rings. The molecule has 4 heteroatoms. The highest BCUT2D eigenvalue weighted by molar-refractivity contribution is 5.97. The lowest BCUT2D eigenvalue weighted by molar-refractivity contribution is -0.126. The van der Waals surface area contributed by atoms with Gasteiger partial charge in [-0.2, -0.15) is 0 Å². The molecule has 4 nitrogen and oxygen atoms in total. The number of nitrogens with zero attached hydrogens (tertiary/aromatic N) is 1. The monoisotopic (exact) mass is 250 g/mol. The zero-order valence-corrected chi connectivity index (χ0v) is 11.6. The molecule has 0 saturated carbocycles. The maximum Gasteiger partial charge on any atom is 0.233 e. The second kappa shape index (κ2) is 5.87. The number of carbonyl (C=O) groups is 1. The number of hydrogen-bond donors (Lipinski definition) is 1.